The number of ether oxygens (including phenoxy) is 1. The first-order chi connectivity index (χ1) is 8.99. The van der Waals surface area contributed by atoms with Crippen molar-refractivity contribution in [3.8, 4) is 0 Å². The molecule has 0 bridgehead atoms. The van der Waals surface area contributed by atoms with Gasteiger partial charge in [-0.25, -0.2) is 17.5 Å². The smallest absolute Gasteiger partial charge is 0.243 e. The first kappa shape index (κ1) is 14.7. The SMILES string of the molecule is O=S(=O)(NCC1CNCCO1)c1ccc(Cl)cc1F. The summed E-state index contributed by atoms with van der Waals surface area (Å²) in [5, 5.41) is 3.23. The molecule has 1 aromatic carbocycles. The average molecular weight is 309 g/mol. The third-order valence-electron chi connectivity index (χ3n) is 2.69. The van der Waals surface area contributed by atoms with Gasteiger partial charge >= 0.3 is 0 Å². The molecule has 2 rings (SSSR count). The fourth-order valence-electron chi connectivity index (χ4n) is 1.72. The van der Waals surface area contributed by atoms with Crippen molar-refractivity contribution in [3.63, 3.8) is 0 Å². The molecule has 0 radical (unpaired) electrons. The van der Waals surface area contributed by atoms with E-state index in [0.29, 0.717) is 13.2 Å². The van der Waals surface area contributed by atoms with E-state index in [-0.39, 0.29) is 17.7 Å². The number of halogens is 2. The Labute approximate surface area is 116 Å². The van der Waals surface area contributed by atoms with Crippen molar-refractivity contribution >= 4 is 21.6 Å². The van der Waals surface area contributed by atoms with Crippen LogP contribution in [0.2, 0.25) is 5.02 Å². The molecule has 1 saturated heterocycles. The van der Waals surface area contributed by atoms with Crippen molar-refractivity contribution < 1.29 is 17.5 Å². The van der Waals surface area contributed by atoms with Crippen LogP contribution in [-0.4, -0.2) is 40.8 Å². The average Bonchev–Trinajstić information content (AvgIpc) is 2.37. The Balaban J connectivity index is 2.05. The van der Waals surface area contributed by atoms with Gasteiger partial charge in [0.1, 0.15) is 10.7 Å². The van der Waals surface area contributed by atoms with Gasteiger partial charge in [-0.15, -0.1) is 0 Å². The Morgan fingerprint density at radius 1 is 1.53 bits per heavy atom. The molecule has 19 heavy (non-hydrogen) atoms. The minimum atomic E-state index is -3.90. The van der Waals surface area contributed by atoms with Gasteiger partial charge in [0.05, 0.1) is 12.7 Å². The minimum Gasteiger partial charge on any atom is -0.374 e. The molecule has 1 aliphatic heterocycles. The maximum absolute atomic E-state index is 13.6. The summed E-state index contributed by atoms with van der Waals surface area (Å²) in [6.45, 7) is 1.93. The van der Waals surface area contributed by atoms with Crippen molar-refractivity contribution in [1.29, 1.82) is 0 Å². The zero-order chi connectivity index (χ0) is 13.9. The second-order valence-electron chi connectivity index (χ2n) is 4.12. The predicted molar refractivity (Wildman–Crippen MR) is 69.2 cm³/mol. The van der Waals surface area contributed by atoms with E-state index in [1.807, 2.05) is 0 Å². The Hall–Kier alpha value is -0.730. The molecule has 1 unspecified atom stereocenters. The molecular formula is C11H14ClFN2O3S. The highest BCUT2D eigenvalue weighted by Crippen LogP contribution is 2.18. The number of hydrogen-bond donors (Lipinski definition) is 2. The van der Waals surface area contributed by atoms with E-state index in [1.165, 1.54) is 6.07 Å². The highest BCUT2D eigenvalue weighted by Gasteiger charge is 2.22. The summed E-state index contributed by atoms with van der Waals surface area (Å²) in [6, 6.07) is 3.44. The van der Waals surface area contributed by atoms with Gasteiger partial charge in [-0.05, 0) is 18.2 Å². The van der Waals surface area contributed by atoms with Crippen LogP contribution in [0.5, 0.6) is 0 Å². The standard InChI is InChI=1S/C11H14ClFN2O3S/c12-8-1-2-11(10(13)5-8)19(16,17)15-7-9-6-14-3-4-18-9/h1-2,5,9,14-15H,3-4,6-7H2. The highest BCUT2D eigenvalue weighted by atomic mass is 35.5. The zero-order valence-electron chi connectivity index (χ0n) is 10.0. The molecule has 0 aliphatic carbocycles. The zero-order valence-corrected chi connectivity index (χ0v) is 11.6. The molecule has 106 valence electrons. The molecule has 1 aromatic rings. The van der Waals surface area contributed by atoms with Crippen molar-refractivity contribution in [2.75, 3.05) is 26.2 Å². The molecule has 5 nitrogen and oxygen atoms in total. The van der Waals surface area contributed by atoms with Crippen LogP contribution < -0.4 is 10.0 Å². The Morgan fingerprint density at radius 2 is 2.32 bits per heavy atom. The topological polar surface area (TPSA) is 67.4 Å². The second kappa shape index (κ2) is 6.15. The molecule has 0 aromatic heterocycles. The summed E-state index contributed by atoms with van der Waals surface area (Å²) in [6.07, 6.45) is -0.251. The van der Waals surface area contributed by atoms with E-state index in [2.05, 4.69) is 10.0 Å². The second-order valence-corrected chi connectivity index (χ2v) is 6.30. The molecule has 0 spiro atoms. The lowest BCUT2D eigenvalue weighted by Gasteiger charge is -2.23. The Bertz CT molecular complexity index is 547. The van der Waals surface area contributed by atoms with E-state index in [1.54, 1.807) is 0 Å². The number of hydrogen-bond acceptors (Lipinski definition) is 4. The van der Waals surface area contributed by atoms with E-state index < -0.39 is 20.7 Å². The maximum atomic E-state index is 13.6. The van der Waals surface area contributed by atoms with Gasteiger partial charge in [0.15, 0.2) is 0 Å². The molecule has 1 heterocycles. The number of benzene rings is 1. The lowest BCUT2D eigenvalue weighted by Crippen LogP contribution is -2.45. The van der Waals surface area contributed by atoms with Crippen LogP contribution >= 0.6 is 11.6 Å². The van der Waals surface area contributed by atoms with Gasteiger partial charge in [0, 0.05) is 24.7 Å². The van der Waals surface area contributed by atoms with Crippen molar-refractivity contribution in [3.05, 3.63) is 29.0 Å². The lowest BCUT2D eigenvalue weighted by molar-refractivity contribution is 0.0324. The molecule has 0 saturated carbocycles. The van der Waals surface area contributed by atoms with Crippen molar-refractivity contribution in [1.82, 2.24) is 10.0 Å². The summed E-state index contributed by atoms with van der Waals surface area (Å²) in [5.74, 6) is -0.873. The molecule has 0 amide bonds. The summed E-state index contributed by atoms with van der Waals surface area (Å²) >= 11 is 5.58. The van der Waals surface area contributed by atoms with Gasteiger partial charge in [-0.1, -0.05) is 11.6 Å². The fraction of sp³-hybridized carbons (Fsp3) is 0.455. The largest absolute Gasteiger partial charge is 0.374 e. The van der Waals surface area contributed by atoms with Gasteiger partial charge in [-0.2, -0.15) is 0 Å². The van der Waals surface area contributed by atoms with Gasteiger partial charge in [0.25, 0.3) is 0 Å². The normalized spacial score (nSPS) is 20.4. The first-order valence-electron chi connectivity index (χ1n) is 5.76. The van der Waals surface area contributed by atoms with Crippen LogP contribution in [0, 0.1) is 5.82 Å². The van der Waals surface area contributed by atoms with E-state index in [9.17, 15) is 12.8 Å². The predicted octanol–water partition coefficient (Wildman–Crippen LogP) is 0.746. The quantitative estimate of drug-likeness (QED) is 0.861. The number of morpholine rings is 1. The van der Waals surface area contributed by atoms with Crippen LogP contribution in [0.3, 0.4) is 0 Å². The summed E-state index contributed by atoms with van der Waals surface area (Å²) in [5.41, 5.74) is 0. The summed E-state index contributed by atoms with van der Waals surface area (Å²) < 4.78 is 45.1. The Kier molecular flexibility index (Phi) is 4.75. The third kappa shape index (κ3) is 3.87. The summed E-state index contributed by atoms with van der Waals surface area (Å²) in [4.78, 5) is -0.416. The van der Waals surface area contributed by atoms with Gasteiger partial charge < -0.3 is 10.1 Å². The molecule has 1 fully saturated rings. The van der Waals surface area contributed by atoms with E-state index >= 15 is 0 Å². The van der Waals surface area contributed by atoms with Crippen LogP contribution in [0.15, 0.2) is 23.1 Å². The monoisotopic (exact) mass is 308 g/mol. The maximum Gasteiger partial charge on any atom is 0.243 e. The van der Waals surface area contributed by atoms with Crippen molar-refractivity contribution in [2.45, 2.75) is 11.0 Å². The van der Waals surface area contributed by atoms with Crippen LogP contribution in [0.4, 0.5) is 4.39 Å². The molecule has 1 aliphatic rings. The number of rotatable bonds is 4. The first-order valence-corrected chi connectivity index (χ1v) is 7.62. The number of nitrogens with one attached hydrogen (secondary N) is 2. The highest BCUT2D eigenvalue weighted by molar-refractivity contribution is 7.89. The molecule has 2 N–H and O–H groups in total. The Morgan fingerprint density at radius 3 is 2.95 bits per heavy atom. The van der Waals surface area contributed by atoms with Gasteiger partial charge in [-0.3, -0.25) is 0 Å². The van der Waals surface area contributed by atoms with E-state index in [4.69, 9.17) is 16.3 Å². The van der Waals surface area contributed by atoms with Gasteiger partial charge in [0.2, 0.25) is 10.0 Å². The van der Waals surface area contributed by atoms with Crippen LogP contribution in [0.1, 0.15) is 0 Å². The summed E-state index contributed by atoms with van der Waals surface area (Å²) in [7, 11) is -3.90. The molecule has 1 atom stereocenters. The third-order valence-corrected chi connectivity index (χ3v) is 4.38. The molecular weight excluding hydrogens is 295 g/mol. The fourth-order valence-corrected chi connectivity index (χ4v) is 3.01. The van der Waals surface area contributed by atoms with E-state index in [0.717, 1.165) is 18.7 Å². The molecule has 8 heteroatoms. The van der Waals surface area contributed by atoms with Crippen LogP contribution in [-0.2, 0) is 14.8 Å². The number of sulfonamides is 1. The lowest BCUT2D eigenvalue weighted by atomic mass is 10.3. The van der Waals surface area contributed by atoms with Crippen LogP contribution in [0.25, 0.3) is 0 Å². The van der Waals surface area contributed by atoms with Crippen molar-refractivity contribution in [2.24, 2.45) is 0 Å². The minimum absolute atomic E-state index is 0.0946.